The SMILES string of the molecule is COc1ccc(OC)c(C(N)c2cc(C)c(F)c(C)c2)c1. The second kappa shape index (κ2) is 6.14. The molecule has 0 saturated heterocycles. The topological polar surface area (TPSA) is 44.5 Å². The maximum atomic E-state index is 13.8. The standard InChI is InChI=1S/C17H20FNO2/c1-10-7-12(8-11(2)16(10)18)17(19)14-9-13(20-3)5-6-15(14)21-4/h5-9,17H,19H2,1-4H3. The highest BCUT2D eigenvalue weighted by molar-refractivity contribution is 5.47. The van der Waals surface area contributed by atoms with Gasteiger partial charge in [0.2, 0.25) is 0 Å². The summed E-state index contributed by atoms with van der Waals surface area (Å²) in [5.74, 6) is 1.20. The monoisotopic (exact) mass is 289 g/mol. The Morgan fingerprint density at radius 1 is 1.00 bits per heavy atom. The Balaban J connectivity index is 2.51. The van der Waals surface area contributed by atoms with Gasteiger partial charge in [-0.1, -0.05) is 12.1 Å². The third-order valence-electron chi connectivity index (χ3n) is 3.59. The molecule has 0 radical (unpaired) electrons. The first-order chi connectivity index (χ1) is 9.97. The summed E-state index contributed by atoms with van der Waals surface area (Å²) in [5.41, 5.74) is 9.17. The number of ether oxygens (including phenoxy) is 2. The van der Waals surface area contributed by atoms with Crippen molar-refractivity contribution in [2.24, 2.45) is 5.73 Å². The lowest BCUT2D eigenvalue weighted by molar-refractivity contribution is 0.397. The molecule has 0 aliphatic heterocycles. The molecule has 3 nitrogen and oxygen atoms in total. The predicted octanol–water partition coefficient (Wildman–Crippen LogP) is 3.51. The average Bonchev–Trinajstić information content (AvgIpc) is 2.50. The van der Waals surface area contributed by atoms with Gasteiger partial charge >= 0.3 is 0 Å². The predicted molar refractivity (Wildman–Crippen MR) is 81.5 cm³/mol. The number of nitrogens with two attached hydrogens (primary N) is 1. The lowest BCUT2D eigenvalue weighted by atomic mass is 9.95. The molecule has 0 heterocycles. The van der Waals surface area contributed by atoms with E-state index >= 15 is 0 Å². The van der Waals surface area contributed by atoms with Crippen LogP contribution in [0.4, 0.5) is 4.39 Å². The smallest absolute Gasteiger partial charge is 0.129 e. The third-order valence-corrected chi connectivity index (χ3v) is 3.59. The van der Waals surface area contributed by atoms with E-state index in [9.17, 15) is 4.39 Å². The highest BCUT2D eigenvalue weighted by atomic mass is 19.1. The van der Waals surface area contributed by atoms with Crippen LogP contribution in [0.25, 0.3) is 0 Å². The molecule has 21 heavy (non-hydrogen) atoms. The fourth-order valence-electron chi connectivity index (χ4n) is 2.42. The van der Waals surface area contributed by atoms with Crippen LogP contribution < -0.4 is 15.2 Å². The van der Waals surface area contributed by atoms with Crippen molar-refractivity contribution in [3.63, 3.8) is 0 Å². The van der Waals surface area contributed by atoms with E-state index in [1.54, 1.807) is 40.2 Å². The summed E-state index contributed by atoms with van der Waals surface area (Å²) >= 11 is 0. The van der Waals surface area contributed by atoms with Crippen LogP contribution in [0.2, 0.25) is 0 Å². The second-order valence-electron chi connectivity index (χ2n) is 5.05. The summed E-state index contributed by atoms with van der Waals surface area (Å²) in [7, 11) is 3.20. The van der Waals surface area contributed by atoms with Crippen LogP contribution in [-0.2, 0) is 0 Å². The van der Waals surface area contributed by atoms with Gasteiger partial charge in [0, 0.05) is 5.56 Å². The van der Waals surface area contributed by atoms with Crippen LogP contribution in [0.1, 0.15) is 28.3 Å². The molecule has 0 amide bonds. The molecule has 0 aliphatic carbocycles. The van der Waals surface area contributed by atoms with Crippen LogP contribution in [0.15, 0.2) is 30.3 Å². The summed E-state index contributed by atoms with van der Waals surface area (Å²) in [4.78, 5) is 0. The van der Waals surface area contributed by atoms with Crippen molar-refractivity contribution in [1.82, 2.24) is 0 Å². The van der Waals surface area contributed by atoms with Gasteiger partial charge in [-0.25, -0.2) is 4.39 Å². The van der Waals surface area contributed by atoms with E-state index in [-0.39, 0.29) is 5.82 Å². The first-order valence-electron chi connectivity index (χ1n) is 6.72. The Morgan fingerprint density at radius 3 is 2.14 bits per heavy atom. The zero-order chi connectivity index (χ0) is 15.6. The quantitative estimate of drug-likeness (QED) is 0.936. The van der Waals surface area contributed by atoms with E-state index in [1.807, 2.05) is 18.2 Å². The van der Waals surface area contributed by atoms with Gasteiger partial charge in [0.05, 0.1) is 20.3 Å². The molecule has 0 spiro atoms. The fraction of sp³-hybridized carbons (Fsp3) is 0.294. The third kappa shape index (κ3) is 3.00. The van der Waals surface area contributed by atoms with Gasteiger partial charge in [0.25, 0.3) is 0 Å². The average molecular weight is 289 g/mol. The van der Waals surface area contributed by atoms with Crippen molar-refractivity contribution in [3.05, 3.63) is 58.4 Å². The van der Waals surface area contributed by atoms with Gasteiger partial charge in [-0.2, -0.15) is 0 Å². The number of aryl methyl sites for hydroxylation is 2. The number of hydrogen-bond donors (Lipinski definition) is 1. The minimum absolute atomic E-state index is 0.191. The van der Waals surface area contributed by atoms with Crippen molar-refractivity contribution >= 4 is 0 Å². The lowest BCUT2D eigenvalue weighted by Crippen LogP contribution is -2.14. The Labute approximate surface area is 124 Å². The molecule has 2 aromatic rings. The largest absolute Gasteiger partial charge is 0.497 e. The van der Waals surface area contributed by atoms with Crippen molar-refractivity contribution in [2.45, 2.75) is 19.9 Å². The number of rotatable bonds is 4. The Hall–Kier alpha value is -2.07. The van der Waals surface area contributed by atoms with Gasteiger partial charge in [0.15, 0.2) is 0 Å². The van der Waals surface area contributed by atoms with Gasteiger partial charge in [0.1, 0.15) is 17.3 Å². The first kappa shape index (κ1) is 15.3. The molecule has 2 N–H and O–H groups in total. The molecule has 1 unspecified atom stereocenters. The molecule has 0 bridgehead atoms. The number of halogens is 1. The van der Waals surface area contributed by atoms with E-state index in [0.29, 0.717) is 22.6 Å². The summed E-state index contributed by atoms with van der Waals surface area (Å²) in [5, 5.41) is 0. The summed E-state index contributed by atoms with van der Waals surface area (Å²) < 4.78 is 24.4. The second-order valence-corrected chi connectivity index (χ2v) is 5.05. The van der Waals surface area contributed by atoms with E-state index in [0.717, 1.165) is 11.1 Å². The summed E-state index contributed by atoms with van der Waals surface area (Å²) in [6.45, 7) is 3.47. The van der Waals surface area contributed by atoms with E-state index < -0.39 is 6.04 Å². The maximum absolute atomic E-state index is 13.8. The molecular weight excluding hydrogens is 269 g/mol. The molecule has 0 saturated carbocycles. The zero-order valence-electron chi connectivity index (χ0n) is 12.7. The van der Waals surface area contributed by atoms with E-state index in [2.05, 4.69) is 0 Å². The first-order valence-corrected chi connectivity index (χ1v) is 6.72. The number of methoxy groups -OCH3 is 2. The Kier molecular flexibility index (Phi) is 4.48. The molecule has 112 valence electrons. The van der Waals surface area contributed by atoms with Crippen molar-refractivity contribution in [3.8, 4) is 11.5 Å². The Morgan fingerprint density at radius 2 is 1.62 bits per heavy atom. The normalized spacial score (nSPS) is 12.1. The van der Waals surface area contributed by atoms with Crippen LogP contribution in [-0.4, -0.2) is 14.2 Å². The van der Waals surface area contributed by atoms with Crippen LogP contribution in [0, 0.1) is 19.7 Å². The molecule has 2 rings (SSSR count). The van der Waals surface area contributed by atoms with Crippen LogP contribution in [0.3, 0.4) is 0 Å². The van der Waals surface area contributed by atoms with Gasteiger partial charge < -0.3 is 15.2 Å². The van der Waals surface area contributed by atoms with Gasteiger partial charge in [-0.05, 0) is 48.7 Å². The summed E-state index contributed by atoms with van der Waals surface area (Å²) in [6.07, 6.45) is 0. The van der Waals surface area contributed by atoms with E-state index in [1.165, 1.54) is 0 Å². The van der Waals surface area contributed by atoms with E-state index in [4.69, 9.17) is 15.2 Å². The van der Waals surface area contributed by atoms with Crippen LogP contribution in [0.5, 0.6) is 11.5 Å². The fourth-order valence-corrected chi connectivity index (χ4v) is 2.42. The zero-order valence-corrected chi connectivity index (χ0v) is 12.7. The number of benzene rings is 2. The molecule has 2 aromatic carbocycles. The van der Waals surface area contributed by atoms with Crippen molar-refractivity contribution in [2.75, 3.05) is 14.2 Å². The summed E-state index contributed by atoms with van der Waals surface area (Å²) in [6, 6.07) is 8.61. The number of hydrogen-bond acceptors (Lipinski definition) is 3. The van der Waals surface area contributed by atoms with Crippen LogP contribution >= 0.6 is 0 Å². The van der Waals surface area contributed by atoms with Gasteiger partial charge in [-0.15, -0.1) is 0 Å². The maximum Gasteiger partial charge on any atom is 0.129 e. The molecule has 0 fully saturated rings. The van der Waals surface area contributed by atoms with Gasteiger partial charge in [-0.3, -0.25) is 0 Å². The van der Waals surface area contributed by atoms with Crippen molar-refractivity contribution < 1.29 is 13.9 Å². The Bertz CT molecular complexity index is 632. The molecule has 4 heteroatoms. The highest BCUT2D eigenvalue weighted by Crippen LogP contribution is 2.32. The van der Waals surface area contributed by atoms with Crippen molar-refractivity contribution in [1.29, 1.82) is 0 Å². The molecule has 0 aliphatic rings. The highest BCUT2D eigenvalue weighted by Gasteiger charge is 2.17. The molecular formula is C17H20FNO2. The lowest BCUT2D eigenvalue weighted by Gasteiger charge is -2.18. The minimum Gasteiger partial charge on any atom is -0.497 e. The molecule has 1 atom stereocenters. The minimum atomic E-state index is -0.409. The molecule has 0 aromatic heterocycles.